The van der Waals surface area contributed by atoms with Crippen LogP contribution in [0.1, 0.15) is 103 Å². The lowest BCUT2D eigenvalue weighted by Gasteiger charge is -2.35. The monoisotopic (exact) mass is 869 g/mol. The molecule has 8 rings (SSSR count). The molecule has 3 aliphatic heterocycles. The van der Waals surface area contributed by atoms with Gasteiger partial charge in [0.25, 0.3) is 5.91 Å². The third-order valence-electron chi connectivity index (χ3n) is 12.7. The average molecular weight is 870 g/mol. The Morgan fingerprint density at radius 2 is 1.82 bits per heavy atom. The molecule has 4 fully saturated rings. The molecular formula is C46H53FN5O7PS. The fourth-order valence-corrected chi connectivity index (χ4v) is 12.4. The van der Waals surface area contributed by atoms with Crippen molar-refractivity contribution in [1.29, 1.82) is 0 Å². The van der Waals surface area contributed by atoms with Gasteiger partial charge in [0.15, 0.2) is 0 Å². The number of hydrogen-bond donors (Lipinski definition) is 2. The van der Waals surface area contributed by atoms with Crippen molar-refractivity contribution in [1.82, 2.24) is 20.2 Å². The van der Waals surface area contributed by atoms with E-state index in [1.807, 2.05) is 17.9 Å². The number of fused-ring (bicyclic) bond motifs is 2. The highest BCUT2D eigenvalue weighted by atomic mass is 32.1. The van der Waals surface area contributed by atoms with Gasteiger partial charge in [-0.15, -0.1) is 11.3 Å². The first kappa shape index (κ1) is 42.8. The van der Waals surface area contributed by atoms with Crippen molar-refractivity contribution in [2.45, 2.75) is 120 Å². The zero-order chi connectivity index (χ0) is 43.1. The first-order chi connectivity index (χ1) is 29.4. The van der Waals surface area contributed by atoms with Crippen LogP contribution in [0.25, 0.3) is 10.1 Å². The van der Waals surface area contributed by atoms with Gasteiger partial charge < -0.3 is 24.4 Å². The van der Waals surface area contributed by atoms with Crippen LogP contribution in [0.15, 0.2) is 83.9 Å². The third kappa shape index (κ3) is 8.38. The Balaban J connectivity index is 0.981. The Hall–Kier alpha value is -4.91. The van der Waals surface area contributed by atoms with Gasteiger partial charge in [-0.1, -0.05) is 61.0 Å². The first-order valence-electron chi connectivity index (χ1n) is 21.3. The highest BCUT2D eigenvalue weighted by Crippen LogP contribution is 2.58. The molecule has 1 aliphatic carbocycles. The fourth-order valence-electron chi connectivity index (χ4n) is 9.59. The summed E-state index contributed by atoms with van der Waals surface area (Å²) < 4.78 is 42.5. The number of hydrogen-bond acceptors (Lipinski definition) is 9. The lowest BCUT2D eigenvalue weighted by Crippen LogP contribution is -2.56. The molecule has 1 spiro atoms. The highest BCUT2D eigenvalue weighted by Gasteiger charge is 2.64. The van der Waals surface area contributed by atoms with Crippen LogP contribution in [0.3, 0.4) is 0 Å². The molecule has 322 valence electrons. The van der Waals surface area contributed by atoms with Crippen LogP contribution in [0.2, 0.25) is 0 Å². The number of ether oxygens (including phenoxy) is 1. The first-order valence-corrected chi connectivity index (χ1v) is 23.8. The molecule has 2 N–H and O–H groups in total. The molecule has 0 bridgehead atoms. The van der Waals surface area contributed by atoms with Crippen molar-refractivity contribution in [2.75, 3.05) is 13.2 Å². The summed E-state index contributed by atoms with van der Waals surface area (Å²) in [6.45, 7) is 9.97. The van der Waals surface area contributed by atoms with Gasteiger partial charge in [-0.25, -0.2) is 9.48 Å². The molecular weight excluding hydrogens is 817 g/mol. The van der Waals surface area contributed by atoms with E-state index in [2.05, 4.69) is 47.2 Å². The number of benzene rings is 3. The third-order valence-corrected chi connectivity index (χ3v) is 16.0. The van der Waals surface area contributed by atoms with Gasteiger partial charge in [-0.3, -0.25) is 28.7 Å². The second-order valence-corrected chi connectivity index (χ2v) is 20.1. The van der Waals surface area contributed by atoms with Crippen molar-refractivity contribution < 1.29 is 37.4 Å². The maximum atomic E-state index is 16.6. The molecule has 61 heavy (non-hydrogen) atoms. The number of alkyl halides is 1. The van der Waals surface area contributed by atoms with Gasteiger partial charge in [0.2, 0.25) is 17.7 Å². The number of rotatable bonds is 14. The Morgan fingerprint density at radius 1 is 1.03 bits per heavy atom. The van der Waals surface area contributed by atoms with Gasteiger partial charge in [-0.2, -0.15) is 0 Å². The van der Waals surface area contributed by atoms with Crippen LogP contribution in [0.4, 0.5) is 4.39 Å². The molecule has 12 nitrogen and oxygen atoms in total. The Morgan fingerprint density at radius 3 is 2.54 bits per heavy atom. The molecule has 3 saturated heterocycles. The molecule has 8 atom stereocenters. The average Bonchev–Trinajstić information content (AvgIpc) is 3.62. The van der Waals surface area contributed by atoms with E-state index in [0.29, 0.717) is 47.2 Å². The van der Waals surface area contributed by atoms with Crippen molar-refractivity contribution in [3.63, 3.8) is 0 Å². The molecule has 1 saturated carbocycles. The lowest BCUT2D eigenvalue weighted by molar-refractivity contribution is -0.147. The van der Waals surface area contributed by atoms with E-state index < -0.39 is 43.4 Å². The number of carbonyl (C=O) groups excluding carboxylic acids is 4. The maximum Gasteiger partial charge on any atom is 0.355 e. The zero-order valence-corrected chi connectivity index (χ0v) is 36.5. The number of aryl methyl sites for hydroxylation is 1. The smallest absolute Gasteiger partial charge is 0.355 e. The van der Waals surface area contributed by atoms with E-state index in [9.17, 15) is 23.7 Å². The molecule has 15 heteroatoms. The largest absolute Gasteiger partial charge is 0.465 e. The van der Waals surface area contributed by atoms with Crippen LogP contribution in [0.5, 0.6) is 5.75 Å². The summed E-state index contributed by atoms with van der Waals surface area (Å²) in [7, 11) is -4.45. The number of carbonyl (C=O) groups is 4. The molecule has 4 heterocycles. The number of thiophene rings is 1. The predicted molar refractivity (Wildman–Crippen MR) is 234 cm³/mol. The number of amides is 3. The van der Waals surface area contributed by atoms with E-state index in [1.54, 1.807) is 47.4 Å². The number of aliphatic imine (C=N–C) groups is 1. The van der Waals surface area contributed by atoms with Gasteiger partial charge >= 0.3 is 13.5 Å². The minimum atomic E-state index is -4.45. The van der Waals surface area contributed by atoms with Crippen molar-refractivity contribution in [3.05, 3.63) is 100 Å². The normalized spacial score (nSPS) is 25.0. The quantitative estimate of drug-likeness (QED) is 0.0732. The minimum absolute atomic E-state index is 0.0229. The lowest BCUT2D eigenvalue weighted by atomic mass is 9.90. The summed E-state index contributed by atoms with van der Waals surface area (Å²) in [5, 5.41) is 6.11. The topological polar surface area (TPSA) is 147 Å². The van der Waals surface area contributed by atoms with E-state index in [1.165, 1.54) is 30.4 Å². The fraction of sp³-hybridized carbons (Fsp3) is 0.457. The second kappa shape index (κ2) is 17.5. The van der Waals surface area contributed by atoms with Crippen LogP contribution in [0, 0.1) is 6.92 Å². The van der Waals surface area contributed by atoms with E-state index in [-0.39, 0.29) is 53.3 Å². The summed E-state index contributed by atoms with van der Waals surface area (Å²) in [6.07, 6.45) is 5.48. The van der Waals surface area contributed by atoms with E-state index >= 15 is 4.39 Å². The maximum absolute atomic E-state index is 16.6. The zero-order valence-electron chi connectivity index (χ0n) is 34.8. The molecule has 3 amide bonds. The molecule has 0 radical (unpaired) electrons. The predicted octanol–water partition coefficient (Wildman–Crippen LogP) is 8.25. The van der Waals surface area contributed by atoms with Gasteiger partial charge in [0.05, 0.1) is 23.1 Å². The summed E-state index contributed by atoms with van der Waals surface area (Å²) in [5.41, 5.74) is 1.93. The van der Waals surface area contributed by atoms with E-state index in [0.717, 1.165) is 36.8 Å². The summed E-state index contributed by atoms with van der Waals surface area (Å²) in [5.74, 6) is -3.44. The van der Waals surface area contributed by atoms with Crippen molar-refractivity contribution in [2.24, 2.45) is 4.99 Å². The molecule has 4 aromatic rings. The molecule has 4 aliphatic rings. The molecule has 1 aromatic heterocycles. The van der Waals surface area contributed by atoms with Crippen molar-refractivity contribution in [3.8, 4) is 5.75 Å². The second-order valence-electron chi connectivity index (χ2n) is 16.9. The van der Waals surface area contributed by atoms with Crippen LogP contribution >= 0.6 is 18.9 Å². The number of halogens is 1. The number of likely N-dealkylation sites (tertiary alicyclic amines) is 1. The Labute approximate surface area is 359 Å². The number of nitrogens with zero attached hydrogens (tertiary/aromatic N) is 3. The molecule has 3 aromatic carbocycles. The Bertz CT molecular complexity index is 2370. The van der Waals surface area contributed by atoms with Gasteiger partial charge in [-0.05, 0) is 119 Å². The summed E-state index contributed by atoms with van der Waals surface area (Å²) in [6, 6.07) is 20.0. The van der Waals surface area contributed by atoms with Gasteiger partial charge in [0, 0.05) is 23.2 Å². The molecule has 2 unspecified atom stereocenters. The number of nitrogens with one attached hydrogen (secondary N) is 2. The highest BCUT2D eigenvalue weighted by molar-refractivity contribution is 7.57. The number of para-hydroxylation sites is 1. The summed E-state index contributed by atoms with van der Waals surface area (Å²) >= 11 is 1.19. The van der Waals surface area contributed by atoms with Crippen molar-refractivity contribution >= 4 is 59.4 Å². The Kier molecular flexibility index (Phi) is 12.2. The standard InChI is InChI=1S/C46H53FN5O7PS/c1-5-23-58-45(56)29(3)50-60(57,59-34-14-7-6-8-15-34)41(47)31-17-20-38-32(25-31)26-39(61-38)42(53)49-36-16-10-13-33-18-19-37(52(33)43(36)54)44(55)51-27-35(30-12-9-11-28(2)24-30)40(48-4)46(51)21-22-46/h6-9,11-12,14-15,17,20,24-26,29,33,35-37,40-41H,4-5,10,13,16,18-19,21-23,27H2,1-3H3,(H,49,53)(H,50,57)/t29-,33-,35+,36?,37-,40+,41+,60?/m0/s1. The minimum Gasteiger partial charge on any atom is -0.465 e. The van der Waals surface area contributed by atoms with Crippen LogP contribution in [-0.4, -0.2) is 89.1 Å². The van der Waals surface area contributed by atoms with Gasteiger partial charge in [0.1, 0.15) is 23.9 Å². The van der Waals surface area contributed by atoms with Crippen LogP contribution < -0.4 is 14.9 Å². The SMILES string of the molecule is C=N[C@@H]1[C@@H](c2cccc(C)c2)CN(C(=O)[C@@H]2CC[C@@H]3CCCC(NC(=O)c4cc5cc([C@H](F)P(=O)(N[C@@H](C)C(=O)OCCC)Oc6ccccc6)ccc5s4)C(=O)N32)C12CC2. The van der Waals surface area contributed by atoms with E-state index in [4.69, 9.17) is 9.26 Å². The summed E-state index contributed by atoms with van der Waals surface area (Å²) in [4.78, 5) is 64.2. The number of esters is 1. The van der Waals surface area contributed by atoms with Crippen LogP contribution in [-0.2, 0) is 23.7 Å².